The molecule has 0 unspecified atom stereocenters. The van der Waals surface area contributed by atoms with Crippen LogP contribution in [0.15, 0.2) is 24.4 Å². The molecule has 0 amide bonds. The van der Waals surface area contributed by atoms with Crippen molar-refractivity contribution in [1.29, 1.82) is 0 Å². The fourth-order valence-corrected chi connectivity index (χ4v) is 2.75. The van der Waals surface area contributed by atoms with Gasteiger partial charge in [-0.25, -0.2) is 9.37 Å². The Balaban J connectivity index is 1.84. The van der Waals surface area contributed by atoms with Crippen LogP contribution in [0.1, 0.15) is 6.42 Å². The fraction of sp³-hybridized carbons (Fsp3) is 0.267. The topological polar surface area (TPSA) is 102 Å². The summed E-state index contributed by atoms with van der Waals surface area (Å²) in [6.45, 7) is 1.25. The maximum absolute atomic E-state index is 14.7. The number of hydrogen-bond acceptors (Lipinski definition) is 6. The van der Waals surface area contributed by atoms with E-state index < -0.39 is 5.82 Å². The van der Waals surface area contributed by atoms with Crippen LogP contribution in [0.3, 0.4) is 0 Å². The van der Waals surface area contributed by atoms with Crippen LogP contribution in [0.2, 0.25) is 0 Å². The molecule has 4 rings (SSSR count). The first kappa shape index (κ1) is 13.9. The minimum Gasteiger partial charge on any atom is -0.379 e. The Hall–Kier alpha value is -2.74. The number of H-pyrrole nitrogens is 1. The van der Waals surface area contributed by atoms with E-state index in [4.69, 9.17) is 10.5 Å². The molecule has 1 aliphatic heterocycles. The van der Waals surface area contributed by atoms with Gasteiger partial charge in [-0.1, -0.05) is 0 Å². The maximum atomic E-state index is 14.7. The van der Waals surface area contributed by atoms with E-state index in [-0.39, 0.29) is 12.0 Å². The average Bonchev–Trinajstić information content (AvgIpc) is 3.19. The molecule has 1 aliphatic rings. The highest BCUT2D eigenvalue weighted by atomic mass is 19.1. The van der Waals surface area contributed by atoms with Crippen molar-refractivity contribution >= 4 is 22.7 Å². The fourth-order valence-electron chi connectivity index (χ4n) is 2.75. The number of aromatic nitrogens is 4. The van der Waals surface area contributed by atoms with Crippen molar-refractivity contribution in [3.05, 3.63) is 30.2 Å². The zero-order valence-electron chi connectivity index (χ0n) is 12.2. The van der Waals surface area contributed by atoms with E-state index >= 15 is 0 Å². The number of benzene rings is 1. The summed E-state index contributed by atoms with van der Waals surface area (Å²) in [5.74, 6) is 0.0773. The van der Waals surface area contributed by atoms with Gasteiger partial charge in [-0.05, 0) is 24.6 Å². The Labute approximate surface area is 131 Å². The van der Waals surface area contributed by atoms with Crippen LogP contribution >= 0.6 is 0 Å². The number of aromatic amines is 1. The second kappa shape index (κ2) is 5.47. The Bertz CT molecular complexity index is 845. The molecule has 3 aromatic rings. The highest BCUT2D eigenvalue weighted by Gasteiger charge is 2.20. The second-order valence-corrected chi connectivity index (χ2v) is 5.45. The van der Waals surface area contributed by atoms with E-state index in [0.717, 1.165) is 6.42 Å². The Morgan fingerprint density at radius 1 is 1.35 bits per heavy atom. The lowest BCUT2D eigenvalue weighted by Gasteiger charge is -2.14. The van der Waals surface area contributed by atoms with Crippen LogP contribution < -0.4 is 11.1 Å². The molecule has 0 bridgehead atoms. The molecule has 7 nitrogen and oxygen atoms in total. The van der Waals surface area contributed by atoms with E-state index in [1.807, 2.05) is 0 Å². The van der Waals surface area contributed by atoms with Gasteiger partial charge in [0.2, 0.25) is 5.95 Å². The van der Waals surface area contributed by atoms with Gasteiger partial charge in [0.1, 0.15) is 11.6 Å². The lowest BCUT2D eigenvalue weighted by molar-refractivity contribution is 0.195. The van der Waals surface area contributed by atoms with Gasteiger partial charge in [-0.2, -0.15) is 10.1 Å². The minimum absolute atomic E-state index is 0.0949. The first-order chi connectivity index (χ1) is 11.2. The molecule has 4 N–H and O–H groups in total. The predicted octanol–water partition coefficient (Wildman–Crippen LogP) is 1.94. The average molecular weight is 314 g/mol. The molecule has 0 saturated carbocycles. The van der Waals surface area contributed by atoms with Crippen molar-refractivity contribution in [2.24, 2.45) is 0 Å². The van der Waals surface area contributed by atoms with Gasteiger partial charge in [-0.15, -0.1) is 0 Å². The second-order valence-electron chi connectivity index (χ2n) is 5.45. The summed E-state index contributed by atoms with van der Waals surface area (Å²) in [6, 6.07) is 5.04. The standard InChI is InChI=1S/C15H15FN6O/c16-10-5-8(11-1-3-18-22-11)6-12-13(10)14(21-15(17)20-12)19-9-2-4-23-7-9/h1,3,5-6,9H,2,4,7H2,(H,18,22)(H3,17,19,20,21)/t9-/m1/s1. The van der Waals surface area contributed by atoms with E-state index in [2.05, 4.69) is 25.5 Å². The van der Waals surface area contributed by atoms with Crippen LogP contribution in [0.25, 0.3) is 22.2 Å². The number of nitrogens with two attached hydrogens (primary N) is 1. The largest absolute Gasteiger partial charge is 0.379 e. The number of rotatable bonds is 3. The summed E-state index contributed by atoms with van der Waals surface area (Å²) in [5.41, 5.74) is 7.49. The molecule has 118 valence electrons. The number of nitrogens with one attached hydrogen (secondary N) is 2. The van der Waals surface area contributed by atoms with E-state index in [9.17, 15) is 4.39 Å². The van der Waals surface area contributed by atoms with Crippen LogP contribution in [0.4, 0.5) is 16.2 Å². The van der Waals surface area contributed by atoms with Crippen LogP contribution in [-0.4, -0.2) is 39.4 Å². The first-order valence-corrected chi connectivity index (χ1v) is 7.32. The molecule has 1 saturated heterocycles. The van der Waals surface area contributed by atoms with Crippen molar-refractivity contribution < 1.29 is 9.13 Å². The molecule has 0 spiro atoms. The molecular formula is C15H15FN6O. The van der Waals surface area contributed by atoms with Gasteiger partial charge in [0, 0.05) is 18.4 Å². The first-order valence-electron chi connectivity index (χ1n) is 7.32. The van der Waals surface area contributed by atoms with Gasteiger partial charge in [0.05, 0.1) is 29.2 Å². The molecule has 1 fully saturated rings. The number of fused-ring (bicyclic) bond motifs is 1. The van der Waals surface area contributed by atoms with Crippen molar-refractivity contribution in [2.45, 2.75) is 12.5 Å². The smallest absolute Gasteiger partial charge is 0.222 e. The zero-order valence-corrected chi connectivity index (χ0v) is 12.2. The SMILES string of the molecule is Nc1nc(N[C@@H]2CCOC2)c2c(F)cc(-c3cc[nH]n3)cc2n1. The number of ether oxygens (including phenoxy) is 1. The highest BCUT2D eigenvalue weighted by Crippen LogP contribution is 2.30. The number of anilines is 2. The van der Waals surface area contributed by atoms with Crippen molar-refractivity contribution in [2.75, 3.05) is 24.3 Å². The zero-order chi connectivity index (χ0) is 15.8. The molecule has 2 aromatic heterocycles. The van der Waals surface area contributed by atoms with Gasteiger partial charge >= 0.3 is 0 Å². The molecule has 1 atom stereocenters. The van der Waals surface area contributed by atoms with Crippen molar-refractivity contribution in [1.82, 2.24) is 20.2 Å². The summed E-state index contributed by atoms with van der Waals surface area (Å²) in [6.07, 6.45) is 2.53. The summed E-state index contributed by atoms with van der Waals surface area (Å²) < 4.78 is 20.0. The highest BCUT2D eigenvalue weighted by molar-refractivity contribution is 5.93. The molecule has 3 heterocycles. The summed E-state index contributed by atoms with van der Waals surface area (Å²) in [7, 11) is 0. The van der Waals surface area contributed by atoms with E-state index in [0.29, 0.717) is 41.2 Å². The Morgan fingerprint density at radius 3 is 3.00 bits per heavy atom. The third-order valence-corrected chi connectivity index (χ3v) is 3.83. The predicted molar refractivity (Wildman–Crippen MR) is 84.3 cm³/mol. The summed E-state index contributed by atoms with van der Waals surface area (Å²) >= 11 is 0. The summed E-state index contributed by atoms with van der Waals surface area (Å²) in [4.78, 5) is 8.32. The van der Waals surface area contributed by atoms with Crippen LogP contribution in [0.5, 0.6) is 0 Å². The number of halogens is 1. The monoisotopic (exact) mass is 314 g/mol. The van der Waals surface area contributed by atoms with E-state index in [1.54, 1.807) is 18.3 Å². The van der Waals surface area contributed by atoms with Gasteiger partial charge in [-0.3, -0.25) is 5.10 Å². The number of hydrogen-bond donors (Lipinski definition) is 3. The molecular weight excluding hydrogens is 299 g/mol. The number of nitrogens with zero attached hydrogens (tertiary/aromatic N) is 3. The van der Waals surface area contributed by atoms with Crippen LogP contribution in [-0.2, 0) is 4.74 Å². The molecule has 0 aliphatic carbocycles. The van der Waals surface area contributed by atoms with Crippen molar-refractivity contribution in [3.8, 4) is 11.3 Å². The Kier molecular flexibility index (Phi) is 3.30. The third kappa shape index (κ3) is 2.57. The van der Waals surface area contributed by atoms with E-state index in [1.165, 1.54) is 6.07 Å². The van der Waals surface area contributed by atoms with Gasteiger partial charge < -0.3 is 15.8 Å². The maximum Gasteiger partial charge on any atom is 0.222 e. The van der Waals surface area contributed by atoms with Gasteiger partial charge in [0.15, 0.2) is 0 Å². The van der Waals surface area contributed by atoms with Crippen LogP contribution in [0, 0.1) is 5.82 Å². The Morgan fingerprint density at radius 2 is 2.26 bits per heavy atom. The molecule has 8 heteroatoms. The third-order valence-electron chi connectivity index (χ3n) is 3.83. The summed E-state index contributed by atoms with van der Waals surface area (Å²) in [5, 5.41) is 10.3. The number of nitrogen functional groups attached to an aromatic ring is 1. The minimum atomic E-state index is -0.415. The molecule has 0 radical (unpaired) electrons. The lowest BCUT2D eigenvalue weighted by Crippen LogP contribution is -2.20. The molecule has 1 aromatic carbocycles. The van der Waals surface area contributed by atoms with Gasteiger partial charge in [0.25, 0.3) is 0 Å². The lowest BCUT2D eigenvalue weighted by atomic mass is 10.1. The van der Waals surface area contributed by atoms with Crippen molar-refractivity contribution in [3.63, 3.8) is 0 Å². The molecule has 23 heavy (non-hydrogen) atoms. The normalized spacial score (nSPS) is 17.7. The quantitative estimate of drug-likeness (QED) is 0.683.